The molecule has 7 nitrogen and oxygen atoms in total. The minimum Gasteiger partial charge on any atom is -0.379 e. The number of carbonyl (C=O) groups is 1. The van der Waals surface area contributed by atoms with E-state index in [1.165, 1.54) is 27.3 Å². The van der Waals surface area contributed by atoms with Gasteiger partial charge in [-0.2, -0.15) is 4.31 Å². The summed E-state index contributed by atoms with van der Waals surface area (Å²) in [6.07, 6.45) is 0.681. The van der Waals surface area contributed by atoms with Crippen molar-refractivity contribution < 1.29 is 17.9 Å². The monoisotopic (exact) mass is 435 g/mol. The molecule has 0 saturated carbocycles. The van der Waals surface area contributed by atoms with Crippen LogP contribution in [0.15, 0.2) is 40.6 Å². The first-order valence-corrected chi connectivity index (χ1v) is 12.1. The van der Waals surface area contributed by atoms with Crippen LogP contribution in [0, 0.1) is 0 Å². The van der Waals surface area contributed by atoms with Crippen LogP contribution in [-0.4, -0.2) is 69.5 Å². The molecule has 1 N–H and O–H groups in total. The Kier molecular flexibility index (Phi) is 6.31. The molecule has 1 amide bonds. The average molecular weight is 436 g/mol. The Morgan fingerprint density at radius 1 is 1.10 bits per heavy atom. The van der Waals surface area contributed by atoms with Crippen LogP contribution in [0.5, 0.6) is 0 Å². The van der Waals surface area contributed by atoms with Gasteiger partial charge in [-0.3, -0.25) is 9.69 Å². The van der Waals surface area contributed by atoms with Gasteiger partial charge in [-0.05, 0) is 29.0 Å². The van der Waals surface area contributed by atoms with Crippen molar-refractivity contribution in [1.82, 2.24) is 14.5 Å². The topological polar surface area (TPSA) is 79.0 Å². The van der Waals surface area contributed by atoms with Gasteiger partial charge in [-0.15, -0.1) is 11.3 Å². The number of morpholine rings is 1. The second-order valence-electron chi connectivity index (χ2n) is 7.18. The number of hydrogen-bond acceptors (Lipinski definition) is 6. The van der Waals surface area contributed by atoms with Gasteiger partial charge < -0.3 is 10.1 Å². The number of fused-ring (bicyclic) bond motifs is 1. The second kappa shape index (κ2) is 8.93. The van der Waals surface area contributed by atoms with Crippen molar-refractivity contribution in [3.05, 3.63) is 51.7 Å². The SMILES string of the molecule is O=C(NCCN1CCOCC1)c1sccc1S(=O)(=O)N1CCc2ccccc2C1. The van der Waals surface area contributed by atoms with E-state index in [1.807, 2.05) is 24.3 Å². The molecule has 1 aromatic heterocycles. The predicted octanol–water partition coefficient (Wildman–Crippen LogP) is 1.56. The molecule has 1 fully saturated rings. The predicted molar refractivity (Wildman–Crippen MR) is 112 cm³/mol. The number of carbonyl (C=O) groups excluding carboxylic acids is 1. The van der Waals surface area contributed by atoms with E-state index in [0.29, 0.717) is 39.3 Å². The van der Waals surface area contributed by atoms with Crippen LogP contribution in [0.2, 0.25) is 0 Å². The highest BCUT2D eigenvalue weighted by atomic mass is 32.2. The van der Waals surface area contributed by atoms with Crippen molar-refractivity contribution >= 4 is 27.3 Å². The maximum atomic E-state index is 13.2. The van der Waals surface area contributed by atoms with Crippen molar-refractivity contribution in [2.75, 3.05) is 45.9 Å². The standard InChI is InChI=1S/C20H25N3O4S2/c24-20(21-7-9-22-10-12-27-13-11-22)19-18(6-14-28-19)29(25,26)23-8-5-16-3-1-2-4-17(16)15-23/h1-4,6,14H,5,7-13,15H2,(H,21,24). The Labute approximate surface area is 175 Å². The number of benzene rings is 1. The molecule has 156 valence electrons. The highest BCUT2D eigenvalue weighted by Gasteiger charge is 2.32. The highest BCUT2D eigenvalue weighted by molar-refractivity contribution is 7.89. The van der Waals surface area contributed by atoms with E-state index in [-0.39, 0.29) is 15.7 Å². The number of sulfonamides is 1. The van der Waals surface area contributed by atoms with E-state index in [4.69, 9.17) is 4.74 Å². The molecule has 2 aromatic rings. The molecule has 0 spiro atoms. The Morgan fingerprint density at radius 3 is 2.66 bits per heavy atom. The number of thiophene rings is 1. The van der Waals surface area contributed by atoms with Gasteiger partial charge in [0.15, 0.2) is 0 Å². The molecule has 2 aliphatic rings. The summed E-state index contributed by atoms with van der Waals surface area (Å²) in [5.41, 5.74) is 2.21. The van der Waals surface area contributed by atoms with Gasteiger partial charge in [0.25, 0.3) is 5.91 Å². The second-order valence-corrected chi connectivity index (χ2v) is 10.0. The van der Waals surface area contributed by atoms with Crippen LogP contribution in [0.25, 0.3) is 0 Å². The molecule has 1 aromatic carbocycles. The number of rotatable bonds is 6. The molecule has 0 aliphatic carbocycles. The van der Waals surface area contributed by atoms with Crippen LogP contribution in [0.1, 0.15) is 20.8 Å². The summed E-state index contributed by atoms with van der Waals surface area (Å²) in [6, 6.07) is 9.44. The van der Waals surface area contributed by atoms with E-state index in [1.54, 1.807) is 5.38 Å². The third-order valence-electron chi connectivity index (χ3n) is 5.37. The average Bonchev–Trinajstić information content (AvgIpc) is 3.25. The third kappa shape index (κ3) is 4.54. The molecule has 0 bridgehead atoms. The first kappa shape index (κ1) is 20.5. The molecule has 4 rings (SSSR count). The van der Waals surface area contributed by atoms with Crippen LogP contribution in [-0.2, 0) is 27.7 Å². The highest BCUT2D eigenvalue weighted by Crippen LogP contribution is 2.29. The van der Waals surface area contributed by atoms with E-state index in [9.17, 15) is 13.2 Å². The first-order chi connectivity index (χ1) is 14.1. The Balaban J connectivity index is 1.43. The number of hydrogen-bond donors (Lipinski definition) is 1. The lowest BCUT2D eigenvalue weighted by atomic mass is 10.0. The minimum atomic E-state index is -3.73. The van der Waals surface area contributed by atoms with E-state index in [2.05, 4.69) is 10.2 Å². The summed E-state index contributed by atoms with van der Waals surface area (Å²) in [4.78, 5) is 15.3. The van der Waals surface area contributed by atoms with Crippen LogP contribution >= 0.6 is 11.3 Å². The molecule has 0 unspecified atom stereocenters. The Hall–Kier alpha value is -1.78. The molecule has 29 heavy (non-hydrogen) atoms. The molecular formula is C20H25N3O4S2. The lowest BCUT2D eigenvalue weighted by Crippen LogP contribution is -2.41. The fourth-order valence-electron chi connectivity index (χ4n) is 3.71. The number of nitrogens with one attached hydrogen (secondary N) is 1. The molecule has 0 atom stereocenters. The maximum absolute atomic E-state index is 13.2. The van der Waals surface area contributed by atoms with Crippen molar-refractivity contribution in [2.24, 2.45) is 0 Å². The van der Waals surface area contributed by atoms with Gasteiger partial charge in [0.1, 0.15) is 9.77 Å². The molecule has 3 heterocycles. The van der Waals surface area contributed by atoms with Gasteiger partial charge in [-0.25, -0.2) is 8.42 Å². The summed E-state index contributed by atoms with van der Waals surface area (Å²) in [6.45, 7) is 5.09. The van der Waals surface area contributed by atoms with Crippen LogP contribution in [0.4, 0.5) is 0 Å². The maximum Gasteiger partial charge on any atom is 0.262 e. The Morgan fingerprint density at radius 2 is 1.86 bits per heavy atom. The molecule has 1 saturated heterocycles. The number of nitrogens with zero attached hydrogens (tertiary/aromatic N) is 2. The quantitative estimate of drug-likeness (QED) is 0.745. The van der Waals surface area contributed by atoms with Gasteiger partial charge in [0.2, 0.25) is 10.0 Å². The fraction of sp³-hybridized carbons (Fsp3) is 0.450. The lowest BCUT2D eigenvalue weighted by Gasteiger charge is -2.28. The summed E-state index contributed by atoms with van der Waals surface area (Å²) in [5.74, 6) is -0.329. The zero-order valence-corrected chi connectivity index (χ0v) is 17.8. The first-order valence-electron chi connectivity index (χ1n) is 9.78. The van der Waals surface area contributed by atoms with Gasteiger partial charge in [0, 0.05) is 39.3 Å². The van der Waals surface area contributed by atoms with Gasteiger partial charge in [-0.1, -0.05) is 24.3 Å². The van der Waals surface area contributed by atoms with E-state index >= 15 is 0 Å². The lowest BCUT2D eigenvalue weighted by molar-refractivity contribution is 0.0383. The molecular weight excluding hydrogens is 410 g/mol. The smallest absolute Gasteiger partial charge is 0.262 e. The molecule has 9 heteroatoms. The van der Waals surface area contributed by atoms with Gasteiger partial charge >= 0.3 is 0 Å². The van der Waals surface area contributed by atoms with Crippen molar-refractivity contribution in [2.45, 2.75) is 17.9 Å². The van der Waals surface area contributed by atoms with Crippen molar-refractivity contribution in [3.63, 3.8) is 0 Å². The minimum absolute atomic E-state index is 0.103. The fourth-order valence-corrected chi connectivity index (χ4v) is 6.45. The summed E-state index contributed by atoms with van der Waals surface area (Å²) in [5, 5.41) is 4.54. The van der Waals surface area contributed by atoms with E-state index < -0.39 is 10.0 Å². The van der Waals surface area contributed by atoms with Crippen LogP contribution < -0.4 is 5.32 Å². The summed E-state index contributed by atoms with van der Waals surface area (Å²) < 4.78 is 33.3. The number of amides is 1. The molecule has 0 radical (unpaired) electrons. The largest absolute Gasteiger partial charge is 0.379 e. The number of ether oxygens (including phenoxy) is 1. The normalized spacial score (nSPS) is 18.3. The zero-order valence-electron chi connectivity index (χ0n) is 16.2. The summed E-state index contributed by atoms with van der Waals surface area (Å²) >= 11 is 1.17. The van der Waals surface area contributed by atoms with Crippen molar-refractivity contribution in [1.29, 1.82) is 0 Å². The van der Waals surface area contributed by atoms with Gasteiger partial charge in [0.05, 0.1) is 13.2 Å². The van der Waals surface area contributed by atoms with Crippen LogP contribution in [0.3, 0.4) is 0 Å². The third-order valence-corrected chi connectivity index (χ3v) is 8.30. The summed E-state index contributed by atoms with van der Waals surface area (Å²) in [7, 11) is -3.73. The van der Waals surface area contributed by atoms with Crippen molar-refractivity contribution in [3.8, 4) is 0 Å². The molecule has 2 aliphatic heterocycles. The van der Waals surface area contributed by atoms with E-state index in [0.717, 1.165) is 25.2 Å². The Bertz CT molecular complexity index is 968. The zero-order chi connectivity index (χ0) is 20.3.